The van der Waals surface area contributed by atoms with Gasteiger partial charge in [0.05, 0.1) is 11.5 Å². The van der Waals surface area contributed by atoms with E-state index in [4.69, 9.17) is 0 Å². The van der Waals surface area contributed by atoms with E-state index in [0.717, 1.165) is 12.8 Å². The van der Waals surface area contributed by atoms with Crippen LogP contribution in [0.25, 0.3) is 0 Å². The molecule has 0 radical (unpaired) electrons. The highest BCUT2D eigenvalue weighted by Gasteiger charge is 2.66. The maximum Gasteiger partial charge on any atom is 0.254 e. The molecular formula is C10H13NO4. The number of aliphatic hydroxyl groups is 2. The first-order chi connectivity index (χ1) is 7.08. The fourth-order valence-corrected chi connectivity index (χ4v) is 3.03. The van der Waals surface area contributed by atoms with Crippen molar-refractivity contribution in [2.24, 2.45) is 5.41 Å². The van der Waals surface area contributed by atoms with E-state index < -0.39 is 29.6 Å². The topological polar surface area (TPSA) is 77.8 Å². The van der Waals surface area contributed by atoms with Crippen LogP contribution in [0.15, 0.2) is 0 Å². The first-order valence-corrected chi connectivity index (χ1v) is 5.28. The molecule has 3 atom stereocenters. The molecule has 15 heavy (non-hydrogen) atoms. The Morgan fingerprint density at radius 1 is 1.27 bits per heavy atom. The molecule has 3 fully saturated rings. The van der Waals surface area contributed by atoms with Gasteiger partial charge in [0.15, 0.2) is 6.10 Å². The van der Waals surface area contributed by atoms with Crippen molar-refractivity contribution in [2.45, 2.75) is 37.5 Å². The van der Waals surface area contributed by atoms with Gasteiger partial charge in [-0.15, -0.1) is 0 Å². The quantitative estimate of drug-likeness (QED) is 0.520. The van der Waals surface area contributed by atoms with E-state index >= 15 is 0 Å². The van der Waals surface area contributed by atoms with E-state index in [1.165, 1.54) is 4.90 Å². The van der Waals surface area contributed by atoms with Crippen molar-refractivity contribution >= 4 is 11.7 Å². The molecule has 5 heteroatoms. The molecule has 1 aliphatic carbocycles. The summed E-state index contributed by atoms with van der Waals surface area (Å²) in [5.41, 5.74) is -0.523. The third-order valence-corrected chi connectivity index (χ3v) is 4.01. The Hall–Kier alpha value is -0.940. The average molecular weight is 211 g/mol. The van der Waals surface area contributed by atoms with E-state index in [1.807, 2.05) is 0 Å². The number of hydrogen-bond donors (Lipinski definition) is 2. The fourth-order valence-electron chi connectivity index (χ4n) is 3.03. The summed E-state index contributed by atoms with van der Waals surface area (Å²) in [6.07, 6.45) is -0.585. The molecule has 1 saturated carbocycles. The number of rotatable bonds is 0. The van der Waals surface area contributed by atoms with Crippen molar-refractivity contribution in [2.75, 3.05) is 6.54 Å². The summed E-state index contributed by atoms with van der Waals surface area (Å²) < 4.78 is 0. The number of carbonyl (C=O) groups excluding carboxylic acids is 2. The molecule has 0 aromatic rings. The molecule has 3 aliphatic rings. The Morgan fingerprint density at radius 2 is 1.93 bits per heavy atom. The number of amides is 1. The van der Waals surface area contributed by atoms with Crippen LogP contribution in [0.3, 0.4) is 0 Å². The molecule has 2 saturated heterocycles. The molecule has 3 rings (SSSR count). The van der Waals surface area contributed by atoms with Gasteiger partial charge in [-0.25, -0.2) is 0 Å². The number of Topliss-reactive ketones (excluding diaryl/α,β-unsaturated/α-hetero) is 1. The van der Waals surface area contributed by atoms with Gasteiger partial charge in [0.2, 0.25) is 0 Å². The highest BCUT2D eigenvalue weighted by Crippen LogP contribution is 2.56. The zero-order valence-corrected chi connectivity index (χ0v) is 8.22. The summed E-state index contributed by atoms with van der Waals surface area (Å²) in [5.74, 6) is -0.282. The Bertz CT molecular complexity index is 349. The van der Waals surface area contributed by atoms with Gasteiger partial charge in [0.25, 0.3) is 5.91 Å². The number of ketones is 1. The summed E-state index contributed by atoms with van der Waals surface area (Å²) in [6, 6.07) is -0.471. The Balaban J connectivity index is 2.01. The summed E-state index contributed by atoms with van der Waals surface area (Å²) in [7, 11) is 0. The molecule has 1 spiro atoms. The second-order valence-corrected chi connectivity index (χ2v) is 4.74. The lowest BCUT2D eigenvalue weighted by Crippen LogP contribution is -2.52. The summed E-state index contributed by atoms with van der Waals surface area (Å²) in [5, 5.41) is 19.3. The molecule has 3 unspecified atom stereocenters. The van der Waals surface area contributed by atoms with Crippen LogP contribution in [0.5, 0.6) is 0 Å². The van der Waals surface area contributed by atoms with Gasteiger partial charge in [-0.2, -0.15) is 0 Å². The van der Waals surface area contributed by atoms with Gasteiger partial charge in [-0.3, -0.25) is 9.59 Å². The van der Waals surface area contributed by atoms with Crippen molar-refractivity contribution in [1.82, 2.24) is 4.90 Å². The molecule has 0 aromatic heterocycles. The zero-order chi connectivity index (χ0) is 10.8. The first kappa shape index (κ1) is 9.30. The molecule has 0 bridgehead atoms. The number of aliphatic hydroxyl groups excluding tert-OH is 2. The van der Waals surface area contributed by atoms with Gasteiger partial charge in [-0.05, 0) is 12.8 Å². The number of piperidine rings is 1. The van der Waals surface area contributed by atoms with E-state index in [2.05, 4.69) is 0 Å². The smallest absolute Gasteiger partial charge is 0.254 e. The lowest BCUT2D eigenvalue weighted by atomic mass is 9.83. The molecule has 2 heterocycles. The second-order valence-electron chi connectivity index (χ2n) is 4.74. The van der Waals surface area contributed by atoms with Crippen molar-refractivity contribution in [1.29, 1.82) is 0 Å². The SMILES string of the molecule is O=C1C(O)C(O)C2N1CCC(=O)C21CC1. The van der Waals surface area contributed by atoms with E-state index in [0.29, 0.717) is 13.0 Å². The van der Waals surface area contributed by atoms with Crippen LogP contribution in [0.2, 0.25) is 0 Å². The van der Waals surface area contributed by atoms with E-state index in [9.17, 15) is 19.8 Å². The van der Waals surface area contributed by atoms with Crippen molar-refractivity contribution < 1.29 is 19.8 Å². The van der Waals surface area contributed by atoms with Crippen LogP contribution in [-0.2, 0) is 9.59 Å². The Morgan fingerprint density at radius 3 is 2.53 bits per heavy atom. The number of carbonyl (C=O) groups is 2. The van der Waals surface area contributed by atoms with E-state index in [-0.39, 0.29) is 5.78 Å². The van der Waals surface area contributed by atoms with Crippen LogP contribution in [0.1, 0.15) is 19.3 Å². The standard InChI is InChI=1S/C10H13NO4/c12-5-1-4-11-8(10(5)2-3-10)6(13)7(14)9(11)15/h6-8,13-14H,1-4H2. The van der Waals surface area contributed by atoms with Gasteiger partial charge in [-0.1, -0.05) is 0 Å². The van der Waals surface area contributed by atoms with Gasteiger partial charge in [0, 0.05) is 13.0 Å². The third kappa shape index (κ3) is 0.948. The van der Waals surface area contributed by atoms with E-state index in [1.54, 1.807) is 0 Å². The van der Waals surface area contributed by atoms with Crippen molar-refractivity contribution in [3.63, 3.8) is 0 Å². The predicted molar refractivity (Wildman–Crippen MR) is 48.8 cm³/mol. The monoisotopic (exact) mass is 211 g/mol. The maximum atomic E-state index is 11.7. The van der Waals surface area contributed by atoms with Crippen LogP contribution in [0.4, 0.5) is 0 Å². The first-order valence-electron chi connectivity index (χ1n) is 5.28. The van der Waals surface area contributed by atoms with Crippen LogP contribution >= 0.6 is 0 Å². The normalized spacial score (nSPS) is 42.3. The van der Waals surface area contributed by atoms with Gasteiger partial charge >= 0.3 is 0 Å². The van der Waals surface area contributed by atoms with Gasteiger partial charge < -0.3 is 15.1 Å². The zero-order valence-electron chi connectivity index (χ0n) is 8.22. The fraction of sp³-hybridized carbons (Fsp3) is 0.800. The highest BCUT2D eigenvalue weighted by molar-refractivity contribution is 5.94. The molecule has 82 valence electrons. The summed E-state index contributed by atoms with van der Waals surface area (Å²) >= 11 is 0. The number of hydrogen-bond acceptors (Lipinski definition) is 4. The molecule has 2 N–H and O–H groups in total. The second kappa shape index (κ2) is 2.59. The van der Waals surface area contributed by atoms with Gasteiger partial charge in [0.1, 0.15) is 11.9 Å². The predicted octanol–water partition coefficient (Wildman–Crippen LogP) is -1.33. The average Bonchev–Trinajstić information content (AvgIpc) is 2.96. The van der Waals surface area contributed by atoms with Crippen LogP contribution < -0.4 is 0 Å². The summed E-state index contributed by atoms with van der Waals surface area (Å²) in [4.78, 5) is 24.8. The Kier molecular flexibility index (Phi) is 1.61. The number of nitrogens with zero attached hydrogens (tertiary/aromatic N) is 1. The molecule has 5 nitrogen and oxygen atoms in total. The largest absolute Gasteiger partial charge is 0.388 e. The minimum absolute atomic E-state index is 0.143. The molecule has 0 aromatic carbocycles. The highest BCUT2D eigenvalue weighted by atomic mass is 16.3. The molecule has 2 aliphatic heterocycles. The minimum atomic E-state index is -1.33. The molecular weight excluding hydrogens is 198 g/mol. The van der Waals surface area contributed by atoms with Crippen LogP contribution in [-0.4, -0.2) is 51.6 Å². The van der Waals surface area contributed by atoms with Crippen molar-refractivity contribution in [3.05, 3.63) is 0 Å². The lowest BCUT2D eigenvalue weighted by molar-refractivity contribution is -0.140. The Labute approximate surface area is 86.7 Å². The van der Waals surface area contributed by atoms with Crippen LogP contribution in [0, 0.1) is 5.41 Å². The maximum absolute atomic E-state index is 11.7. The molecule has 1 amide bonds. The lowest BCUT2D eigenvalue weighted by Gasteiger charge is -2.36. The van der Waals surface area contributed by atoms with Crippen molar-refractivity contribution in [3.8, 4) is 0 Å². The number of fused-ring (bicyclic) bond motifs is 2. The minimum Gasteiger partial charge on any atom is -0.388 e. The third-order valence-electron chi connectivity index (χ3n) is 4.01. The summed E-state index contributed by atoms with van der Waals surface area (Å²) in [6.45, 7) is 0.345.